The van der Waals surface area contributed by atoms with Crippen LogP contribution in [-0.2, 0) is 9.53 Å². The summed E-state index contributed by atoms with van der Waals surface area (Å²) in [7, 11) is 1.35. The van der Waals surface area contributed by atoms with Gasteiger partial charge in [0.1, 0.15) is 5.25 Å². The fourth-order valence-electron chi connectivity index (χ4n) is 2.08. The number of aryl methyl sites for hydroxylation is 1. The molecular formula is C18H18ClNO3S. The predicted octanol–water partition coefficient (Wildman–Crippen LogP) is 4.55. The molecule has 0 aromatic heterocycles. The van der Waals surface area contributed by atoms with Crippen molar-refractivity contribution in [2.45, 2.75) is 24.0 Å². The van der Waals surface area contributed by atoms with Gasteiger partial charge in [-0.1, -0.05) is 29.8 Å². The Morgan fingerprint density at radius 2 is 1.92 bits per heavy atom. The van der Waals surface area contributed by atoms with Gasteiger partial charge in [-0.05, 0) is 43.7 Å². The van der Waals surface area contributed by atoms with Crippen molar-refractivity contribution in [2.75, 3.05) is 12.4 Å². The predicted molar refractivity (Wildman–Crippen MR) is 97.9 cm³/mol. The molecule has 2 rings (SSSR count). The number of hydrogen-bond acceptors (Lipinski definition) is 4. The van der Waals surface area contributed by atoms with Gasteiger partial charge in [0, 0.05) is 15.6 Å². The fraction of sp³-hybridized carbons (Fsp3) is 0.222. The van der Waals surface area contributed by atoms with E-state index in [0.717, 1.165) is 5.56 Å². The number of carbonyl (C=O) groups excluding carboxylic acids is 2. The molecule has 1 amide bonds. The summed E-state index contributed by atoms with van der Waals surface area (Å²) in [4.78, 5) is 25.0. The van der Waals surface area contributed by atoms with E-state index < -0.39 is 5.25 Å². The first-order chi connectivity index (χ1) is 11.4. The molecule has 0 bridgehead atoms. The first kappa shape index (κ1) is 18.4. The first-order valence-corrected chi connectivity index (χ1v) is 8.59. The molecule has 1 unspecified atom stereocenters. The topological polar surface area (TPSA) is 55.4 Å². The van der Waals surface area contributed by atoms with Crippen LogP contribution in [0.25, 0.3) is 0 Å². The standard InChI is InChI=1S/C18H18ClNO3S/c1-11-8-9-13(19)10-15(11)20-17(21)14-6-4-5-7-16(14)24-12(2)18(22)23-3/h4-10,12H,1-3H3,(H,20,21). The van der Waals surface area contributed by atoms with Gasteiger partial charge in [0.25, 0.3) is 5.91 Å². The molecule has 6 heteroatoms. The van der Waals surface area contributed by atoms with Crippen LogP contribution in [0.5, 0.6) is 0 Å². The number of methoxy groups -OCH3 is 1. The summed E-state index contributed by atoms with van der Waals surface area (Å²) in [5, 5.41) is 3.02. The van der Waals surface area contributed by atoms with E-state index in [4.69, 9.17) is 16.3 Å². The minimum absolute atomic E-state index is 0.250. The Morgan fingerprint density at radius 1 is 1.21 bits per heavy atom. The van der Waals surface area contributed by atoms with Gasteiger partial charge in [-0.25, -0.2) is 0 Å². The summed E-state index contributed by atoms with van der Waals surface area (Å²) in [6, 6.07) is 12.5. The largest absolute Gasteiger partial charge is 0.468 e. The van der Waals surface area contributed by atoms with Crippen LogP contribution < -0.4 is 5.32 Å². The van der Waals surface area contributed by atoms with Crippen LogP contribution in [0.2, 0.25) is 5.02 Å². The normalized spacial score (nSPS) is 11.7. The van der Waals surface area contributed by atoms with Crippen molar-refractivity contribution in [3.05, 3.63) is 58.6 Å². The van der Waals surface area contributed by atoms with Crippen molar-refractivity contribution in [3.63, 3.8) is 0 Å². The van der Waals surface area contributed by atoms with Crippen LogP contribution in [0.1, 0.15) is 22.8 Å². The van der Waals surface area contributed by atoms with Crippen molar-refractivity contribution in [1.29, 1.82) is 0 Å². The van der Waals surface area contributed by atoms with Crippen LogP contribution in [0.3, 0.4) is 0 Å². The monoisotopic (exact) mass is 363 g/mol. The van der Waals surface area contributed by atoms with E-state index in [0.29, 0.717) is 21.2 Å². The Balaban J connectivity index is 2.23. The SMILES string of the molecule is COC(=O)C(C)Sc1ccccc1C(=O)Nc1cc(Cl)ccc1C. The van der Waals surface area contributed by atoms with E-state index in [1.807, 2.05) is 25.1 Å². The number of halogens is 1. The summed E-state index contributed by atoms with van der Waals surface area (Å²) in [6.45, 7) is 3.64. The molecule has 0 saturated heterocycles. The Kier molecular flexibility index (Phi) is 6.29. The first-order valence-electron chi connectivity index (χ1n) is 7.33. The fourth-order valence-corrected chi connectivity index (χ4v) is 3.27. The van der Waals surface area contributed by atoms with E-state index in [9.17, 15) is 9.59 Å². The van der Waals surface area contributed by atoms with Crippen LogP contribution in [0.4, 0.5) is 5.69 Å². The third kappa shape index (κ3) is 4.52. The van der Waals surface area contributed by atoms with Gasteiger partial charge >= 0.3 is 5.97 Å². The van der Waals surface area contributed by atoms with Crippen molar-refractivity contribution in [2.24, 2.45) is 0 Å². The lowest BCUT2D eigenvalue weighted by atomic mass is 10.1. The van der Waals surface area contributed by atoms with Gasteiger partial charge in [-0.15, -0.1) is 11.8 Å². The number of rotatable bonds is 5. The second-order valence-electron chi connectivity index (χ2n) is 5.19. The lowest BCUT2D eigenvalue weighted by Gasteiger charge is -2.14. The number of anilines is 1. The maximum Gasteiger partial charge on any atom is 0.318 e. The Bertz CT molecular complexity index is 764. The number of nitrogens with one attached hydrogen (secondary N) is 1. The number of thioether (sulfide) groups is 1. The average Bonchev–Trinajstić information content (AvgIpc) is 2.57. The second kappa shape index (κ2) is 8.22. The van der Waals surface area contributed by atoms with Gasteiger partial charge < -0.3 is 10.1 Å². The summed E-state index contributed by atoms with van der Waals surface area (Å²) >= 11 is 7.28. The van der Waals surface area contributed by atoms with Crippen LogP contribution in [0, 0.1) is 6.92 Å². The zero-order valence-corrected chi connectivity index (χ0v) is 15.2. The zero-order valence-electron chi connectivity index (χ0n) is 13.6. The van der Waals surface area contributed by atoms with Crippen molar-refractivity contribution >= 4 is 40.9 Å². The number of amides is 1. The van der Waals surface area contributed by atoms with Gasteiger partial charge in [-0.2, -0.15) is 0 Å². The molecule has 0 aliphatic carbocycles. The summed E-state index contributed by atoms with van der Waals surface area (Å²) < 4.78 is 4.73. The molecule has 0 saturated carbocycles. The molecule has 0 heterocycles. The van der Waals surface area contributed by atoms with Gasteiger partial charge in [0.05, 0.1) is 12.7 Å². The average molecular weight is 364 g/mol. The molecule has 1 N–H and O–H groups in total. The number of ether oxygens (including phenoxy) is 1. The molecule has 0 fully saturated rings. The molecule has 24 heavy (non-hydrogen) atoms. The van der Waals surface area contributed by atoms with Crippen molar-refractivity contribution < 1.29 is 14.3 Å². The quantitative estimate of drug-likeness (QED) is 0.625. The second-order valence-corrected chi connectivity index (χ2v) is 7.01. The molecule has 4 nitrogen and oxygen atoms in total. The molecular weight excluding hydrogens is 346 g/mol. The number of carbonyl (C=O) groups is 2. The van der Waals surface area contributed by atoms with Gasteiger partial charge in [0.2, 0.25) is 0 Å². The lowest BCUT2D eigenvalue weighted by Crippen LogP contribution is -2.17. The number of hydrogen-bond donors (Lipinski definition) is 1. The minimum atomic E-state index is -0.406. The maximum absolute atomic E-state index is 12.6. The third-order valence-corrected chi connectivity index (χ3v) is 4.81. The highest BCUT2D eigenvalue weighted by molar-refractivity contribution is 8.00. The molecule has 126 valence electrons. The minimum Gasteiger partial charge on any atom is -0.468 e. The Morgan fingerprint density at radius 3 is 2.62 bits per heavy atom. The highest BCUT2D eigenvalue weighted by atomic mass is 35.5. The molecule has 0 aliphatic rings. The summed E-state index contributed by atoms with van der Waals surface area (Å²) in [5.41, 5.74) is 2.08. The lowest BCUT2D eigenvalue weighted by molar-refractivity contribution is -0.139. The number of esters is 1. The highest BCUT2D eigenvalue weighted by Gasteiger charge is 2.19. The van der Waals surface area contributed by atoms with Crippen LogP contribution >= 0.6 is 23.4 Å². The van der Waals surface area contributed by atoms with E-state index in [1.54, 1.807) is 31.2 Å². The van der Waals surface area contributed by atoms with Gasteiger partial charge in [-0.3, -0.25) is 9.59 Å². The summed E-state index contributed by atoms with van der Waals surface area (Å²) in [6.07, 6.45) is 0. The molecule has 0 spiro atoms. The molecule has 1 atom stereocenters. The highest BCUT2D eigenvalue weighted by Crippen LogP contribution is 2.29. The van der Waals surface area contributed by atoms with E-state index in [-0.39, 0.29) is 11.9 Å². The third-order valence-electron chi connectivity index (χ3n) is 3.42. The number of benzene rings is 2. The molecule has 2 aromatic rings. The molecule has 0 aliphatic heterocycles. The Hall–Kier alpha value is -1.98. The van der Waals surface area contributed by atoms with E-state index >= 15 is 0 Å². The van der Waals surface area contributed by atoms with Crippen molar-refractivity contribution in [3.8, 4) is 0 Å². The van der Waals surface area contributed by atoms with E-state index in [2.05, 4.69) is 5.32 Å². The van der Waals surface area contributed by atoms with Crippen LogP contribution in [-0.4, -0.2) is 24.2 Å². The van der Waals surface area contributed by atoms with E-state index in [1.165, 1.54) is 18.9 Å². The maximum atomic E-state index is 12.6. The van der Waals surface area contributed by atoms with Crippen LogP contribution in [0.15, 0.2) is 47.4 Å². The molecule has 0 radical (unpaired) electrons. The smallest absolute Gasteiger partial charge is 0.318 e. The zero-order chi connectivity index (χ0) is 17.7. The Labute approximate surface area is 150 Å². The molecule has 2 aromatic carbocycles. The van der Waals surface area contributed by atoms with Gasteiger partial charge in [0.15, 0.2) is 0 Å². The van der Waals surface area contributed by atoms with Crippen molar-refractivity contribution in [1.82, 2.24) is 0 Å². The summed E-state index contributed by atoms with van der Waals surface area (Å²) in [5.74, 6) is -0.582.